The number of hydrogen-bond donors (Lipinski definition) is 0. The predicted molar refractivity (Wildman–Crippen MR) is 84.1 cm³/mol. The number of carbonyl (C=O) groups is 1. The molecule has 2 aromatic rings. The molecule has 1 atom stereocenters. The van der Waals surface area contributed by atoms with Crippen molar-refractivity contribution in [3.8, 4) is 0 Å². The van der Waals surface area contributed by atoms with Crippen molar-refractivity contribution < 1.29 is 18.7 Å². The van der Waals surface area contributed by atoms with E-state index in [1.165, 1.54) is 17.8 Å². The van der Waals surface area contributed by atoms with Crippen molar-refractivity contribution >= 4 is 34.8 Å². The van der Waals surface area contributed by atoms with Crippen molar-refractivity contribution in [2.75, 3.05) is 13.7 Å². The fraction of sp³-hybridized carbons (Fsp3) is 0.250. The maximum atomic E-state index is 12.6. The van der Waals surface area contributed by atoms with E-state index in [1.807, 2.05) is 6.08 Å². The summed E-state index contributed by atoms with van der Waals surface area (Å²) in [6.45, 7) is 2.03. The molecule has 0 amide bonds. The molecule has 0 aliphatic carbocycles. The van der Waals surface area contributed by atoms with Gasteiger partial charge in [0.2, 0.25) is 5.43 Å². The minimum absolute atomic E-state index is 0.122. The van der Waals surface area contributed by atoms with Crippen molar-refractivity contribution in [2.24, 2.45) is 0 Å². The average molecular weight is 318 g/mol. The molecule has 0 fully saturated rings. The highest BCUT2D eigenvalue weighted by molar-refractivity contribution is 8.00. The third kappa shape index (κ3) is 2.55. The van der Waals surface area contributed by atoms with E-state index in [9.17, 15) is 9.59 Å². The maximum Gasteiger partial charge on any atom is 0.338 e. The molecular formula is C16H14O5S. The molecule has 2 heterocycles. The summed E-state index contributed by atoms with van der Waals surface area (Å²) in [6, 6.07) is 4.70. The third-order valence-electron chi connectivity index (χ3n) is 3.26. The van der Waals surface area contributed by atoms with Crippen LogP contribution in [0.15, 0.2) is 38.4 Å². The summed E-state index contributed by atoms with van der Waals surface area (Å²) in [5.41, 5.74) is 0.407. The maximum absolute atomic E-state index is 12.6. The van der Waals surface area contributed by atoms with E-state index in [1.54, 1.807) is 32.2 Å². The molecule has 1 aromatic carbocycles. The van der Waals surface area contributed by atoms with Gasteiger partial charge >= 0.3 is 5.97 Å². The highest BCUT2D eigenvalue weighted by Crippen LogP contribution is 2.33. The minimum atomic E-state index is -0.436. The van der Waals surface area contributed by atoms with Gasteiger partial charge in [-0.2, -0.15) is 0 Å². The molecule has 1 aliphatic heterocycles. The first-order chi connectivity index (χ1) is 10.6. The lowest BCUT2D eigenvalue weighted by Crippen LogP contribution is -2.14. The van der Waals surface area contributed by atoms with E-state index in [0.29, 0.717) is 33.8 Å². The van der Waals surface area contributed by atoms with Gasteiger partial charge in [0.1, 0.15) is 21.7 Å². The predicted octanol–water partition coefficient (Wildman–Crippen LogP) is 3.06. The van der Waals surface area contributed by atoms with Crippen LogP contribution in [0.25, 0.3) is 17.0 Å². The van der Waals surface area contributed by atoms with Gasteiger partial charge in [0.15, 0.2) is 0 Å². The third-order valence-corrected chi connectivity index (χ3v) is 4.46. The first-order valence-corrected chi connectivity index (χ1v) is 7.67. The van der Waals surface area contributed by atoms with E-state index < -0.39 is 5.97 Å². The van der Waals surface area contributed by atoms with Crippen LogP contribution in [0.5, 0.6) is 0 Å². The second-order valence-corrected chi connectivity index (χ2v) is 5.75. The van der Waals surface area contributed by atoms with Crippen LogP contribution in [-0.2, 0) is 9.47 Å². The van der Waals surface area contributed by atoms with E-state index in [0.717, 1.165) is 0 Å². The van der Waals surface area contributed by atoms with Gasteiger partial charge in [-0.1, -0.05) is 11.8 Å². The Bertz CT molecular complexity index is 821. The van der Waals surface area contributed by atoms with Crippen molar-refractivity contribution in [1.29, 1.82) is 0 Å². The number of fused-ring (bicyclic) bond motifs is 2. The van der Waals surface area contributed by atoms with Gasteiger partial charge in [-0.25, -0.2) is 4.79 Å². The Labute approximate surface area is 130 Å². The Morgan fingerprint density at radius 1 is 1.41 bits per heavy atom. The number of rotatable bonds is 3. The molecule has 5 nitrogen and oxygen atoms in total. The van der Waals surface area contributed by atoms with Crippen LogP contribution in [-0.4, -0.2) is 25.1 Å². The van der Waals surface area contributed by atoms with Gasteiger partial charge in [-0.05, 0) is 37.3 Å². The van der Waals surface area contributed by atoms with Crippen molar-refractivity contribution in [1.82, 2.24) is 0 Å². The van der Waals surface area contributed by atoms with Crippen LogP contribution in [0.3, 0.4) is 0 Å². The standard InChI is InChI=1S/C16H14O5S/c1-3-20-16(18)9-4-5-10-12(8-9)21-11-6-7-13(19-2)22-15(11)14(10)17/h4-8,13H,3H2,1-2H3. The molecular weight excluding hydrogens is 304 g/mol. The molecule has 0 saturated heterocycles. The fourth-order valence-corrected chi connectivity index (χ4v) is 3.13. The van der Waals surface area contributed by atoms with E-state index in [4.69, 9.17) is 13.9 Å². The van der Waals surface area contributed by atoms with Crippen LogP contribution >= 0.6 is 11.8 Å². The molecule has 22 heavy (non-hydrogen) atoms. The van der Waals surface area contributed by atoms with Crippen LogP contribution in [0, 0.1) is 0 Å². The van der Waals surface area contributed by atoms with E-state index >= 15 is 0 Å². The number of benzene rings is 1. The zero-order valence-electron chi connectivity index (χ0n) is 12.1. The topological polar surface area (TPSA) is 65.7 Å². The quantitative estimate of drug-likeness (QED) is 0.810. The summed E-state index contributed by atoms with van der Waals surface area (Å²) in [4.78, 5) is 24.8. The smallest absolute Gasteiger partial charge is 0.338 e. The summed E-state index contributed by atoms with van der Waals surface area (Å²) in [5, 5.41) is 0.435. The summed E-state index contributed by atoms with van der Waals surface area (Å²) < 4.78 is 15.9. The van der Waals surface area contributed by atoms with Crippen LogP contribution in [0.1, 0.15) is 23.0 Å². The van der Waals surface area contributed by atoms with Crippen LogP contribution < -0.4 is 5.43 Å². The van der Waals surface area contributed by atoms with Gasteiger partial charge in [0.05, 0.1) is 17.6 Å². The highest BCUT2D eigenvalue weighted by atomic mass is 32.2. The fourth-order valence-electron chi connectivity index (χ4n) is 2.20. The second kappa shape index (κ2) is 5.98. The molecule has 1 aromatic heterocycles. The van der Waals surface area contributed by atoms with Gasteiger partial charge in [0, 0.05) is 7.11 Å². The Morgan fingerprint density at radius 2 is 2.23 bits per heavy atom. The number of esters is 1. The first-order valence-electron chi connectivity index (χ1n) is 6.79. The molecule has 0 bridgehead atoms. The minimum Gasteiger partial charge on any atom is -0.462 e. The average Bonchev–Trinajstić information content (AvgIpc) is 2.54. The molecule has 0 radical (unpaired) electrons. The van der Waals surface area contributed by atoms with Gasteiger partial charge in [-0.3, -0.25) is 4.79 Å². The normalized spacial score (nSPS) is 16.5. The Morgan fingerprint density at radius 3 is 2.95 bits per heavy atom. The number of hydrogen-bond acceptors (Lipinski definition) is 6. The lowest BCUT2D eigenvalue weighted by Gasteiger charge is -2.16. The summed E-state index contributed by atoms with van der Waals surface area (Å²) in [5.74, 6) is 0.0472. The largest absolute Gasteiger partial charge is 0.462 e. The molecule has 0 saturated carbocycles. The van der Waals surface area contributed by atoms with Crippen LogP contribution in [0.4, 0.5) is 0 Å². The Balaban J connectivity index is 2.12. The zero-order chi connectivity index (χ0) is 15.7. The second-order valence-electron chi connectivity index (χ2n) is 4.64. The molecule has 0 N–H and O–H groups in total. The molecule has 1 aliphatic rings. The van der Waals surface area contributed by atoms with Gasteiger partial charge < -0.3 is 13.9 Å². The van der Waals surface area contributed by atoms with Crippen molar-refractivity contribution in [3.05, 3.63) is 45.8 Å². The number of methoxy groups -OCH3 is 1. The van der Waals surface area contributed by atoms with E-state index in [2.05, 4.69) is 0 Å². The van der Waals surface area contributed by atoms with Gasteiger partial charge in [0.25, 0.3) is 0 Å². The lowest BCUT2D eigenvalue weighted by molar-refractivity contribution is 0.0526. The first kappa shape index (κ1) is 14.9. The number of carbonyl (C=O) groups excluding carboxylic acids is 1. The van der Waals surface area contributed by atoms with Gasteiger partial charge in [-0.15, -0.1) is 0 Å². The molecule has 0 spiro atoms. The lowest BCUT2D eigenvalue weighted by atomic mass is 10.1. The molecule has 3 rings (SSSR count). The summed E-state index contributed by atoms with van der Waals surface area (Å²) in [7, 11) is 1.58. The summed E-state index contributed by atoms with van der Waals surface area (Å²) in [6.07, 6.45) is 3.54. The number of thioether (sulfide) groups is 1. The van der Waals surface area contributed by atoms with Crippen LogP contribution in [0.2, 0.25) is 0 Å². The SMILES string of the molecule is CCOC(=O)c1ccc2c(=O)c3c(oc2c1)C=CC(OC)S3. The monoisotopic (exact) mass is 318 g/mol. The Kier molecular flexibility index (Phi) is 4.04. The van der Waals surface area contributed by atoms with Crippen molar-refractivity contribution in [2.45, 2.75) is 17.3 Å². The molecule has 1 unspecified atom stereocenters. The Hall–Kier alpha value is -2.05. The zero-order valence-corrected chi connectivity index (χ0v) is 12.9. The molecule has 6 heteroatoms. The summed E-state index contributed by atoms with van der Waals surface area (Å²) >= 11 is 1.31. The highest BCUT2D eigenvalue weighted by Gasteiger charge is 2.21. The number of ether oxygens (including phenoxy) is 2. The molecule has 114 valence electrons. The van der Waals surface area contributed by atoms with Crippen molar-refractivity contribution in [3.63, 3.8) is 0 Å². The van der Waals surface area contributed by atoms with E-state index in [-0.39, 0.29) is 10.9 Å².